The van der Waals surface area contributed by atoms with Crippen LogP contribution in [0.2, 0.25) is 0 Å². The number of allylic oxidation sites excluding steroid dienone is 1. The minimum atomic E-state index is -0.192. The zero-order valence-corrected chi connectivity index (χ0v) is 16.6. The zero-order chi connectivity index (χ0) is 18.8. The molecule has 1 aliphatic carbocycles. The van der Waals surface area contributed by atoms with Gasteiger partial charge in [0.1, 0.15) is 5.82 Å². The highest BCUT2D eigenvalue weighted by molar-refractivity contribution is 5.98. The monoisotopic (exact) mass is 347 g/mol. The van der Waals surface area contributed by atoms with Crippen LogP contribution in [0, 0.1) is 0 Å². The molecular weight excluding hydrogens is 314 g/mol. The Morgan fingerprint density at radius 1 is 1.20 bits per heavy atom. The largest absolute Gasteiger partial charge is 0.375 e. The number of carbonyl (C=O) groups excluding carboxylic acids is 1. The number of amides is 1. The van der Waals surface area contributed by atoms with Crippen LogP contribution < -0.4 is 10.6 Å². The molecule has 5 nitrogen and oxygen atoms in total. The van der Waals surface area contributed by atoms with Gasteiger partial charge in [-0.3, -0.25) is 4.79 Å². The number of nitrogens with one attached hydrogen (secondary N) is 2. The first-order valence-corrected chi connectivity index (χ1v) is 9.15. The van der Waals surface area contributed by atoms with E-state index in [-0.39, 0.29) is 23.1 Å². The highest BCUT2D eigenvalue weighted by Crippen LogP contribution is 2.36. The van der Waals surface area contributed by atoms with E-state index in [2.05, 4.69) is 43.1 Å². The van der Waals surface area contributed by atoms with Crippen LogP contribution in [0.3, 0.4) is 0 Å². The normalized spacial score (nSPS) is 24.6. The lowest BCUT2D eigenvalue weighted by Crippen LogP contribution is -2.46. The first-order chi connectivity index (χ1) is 11.6. The number of carbonyl (C=O) groups is 1. The van der Waals surface area contributed by atoms with Crippen LogP contribution >= 0.6 is 0 Å². The van der Waals surface area contributed by atoms with Gasteiger partial charge in [0.05, 0.1) is 5.60 Å². The van der Waals surface area contributed by atoms with Crippen molar-refractivity contribution in [2.24, 2.45) is 4.99 Å². The van der Waals surface area contributed by atoms with Crippen molar-refractivity contribution < 1.29 is 9.53 Å². The van der Waals surface area contributed by atoms with Crippen molar-refractivity contribution in [2.45, 2.75) is 84.4 Å². The maximum atomic E-state index is 13.0. The Hall–Kier alpha value is -1.62. The minimum Gasteiger partial charge on any atom is -0.375 e. The number of hydrogen-bond acceptors (Lipinski definition) is 4. The summed E-state index contributed by atoms with van der Waals surface area (Å²) in [6.07, 6.45) is 3.90. The first-order valence-electron chi connectivity index (χ1n) is 9.15. The molecule has 1 amide bonds. The van der Waals surface area contributed by atoms with E-state index < -0.39 is 0 Å². The Morgan fingerprint density at radius 3 is 2.32 bits per heavy atom. The van der Waals surface area contributed by atoms with E-state index in [0.29, 0.717) is 18.0 Å². The summed E-state index contributed by atoms with van der Waals surface area (Å²) < 4.78 is 5.74. The summed E-state index contributed by atoms with van der Waals surface area (Å²) in [7, 11) is 0. The molecule has 1 aliphatic heterocycles. The molecule has 0 bridgehead atoms. The van der Waals surface area contributed by atoms with Crippen LogP contribution in [0.4, 0.5) is 0 Å². The van der Waals surface area contributed by atoms with E-state index in [1.807, 2.05) is 20.8 Å². The molecule has 2 rings (SSSR count). The van der Waals surface area contributed by atoms with E-state index in [1.165, 1.54) is 0 Å². The van der Waals surface area contributed by atoms with Crippen molar-refractivity contribution in [3.63, 3.8) is 0 Å². The van der Waals surface area contributed by atoms with Crippen molar-refractivity contribution in [1.29, 1.82) is 0 Å². The number of rotatable bonds is 6. The van der Waals surface area contributed by atoms with Gasteiger partial charge in [0.15, 0.2) is 0 Å². The quantitative estimate of drug-likeness (QED) is 0.439. The van der Waals surface area contributed by atoms with Gasteiger partial charge in [-0.05, 0) is 73.9 Å². The predicted octanol–water partition coefficient (Wildman–Crippen LogP) is 3.47. The van der Waals surface area contributed by atoms with Crippen molar-refractivity contribution in [1.82, 2.24) is 10.6 Å². The Bertz CT molecular complexity index is 608. The summed E-state index contributed by atoms with van der Waals surface area (Å²) in [6, 6.07) is 0.132. The maximum Gasteiger partial charge on any atom is 0.251 e. The minimum absolute atomic E-state index is 0.0379. The standard InChI is InChI=1S/C20H33N3O2/c1-13(2)16(14(3)17(21-7)23-20(6)9-10-20)18(24)22-15-8-11-25-19(4,5)12-15/h15,23H,7-12H2,1-6H3,(H,22,24)/b17-14-. The van der Waals surface area contributed by atoms with Crippen molar-refractivity contribution in [3.8, 4) is 0 Å². The molecule has 1 saturated carbocycles. The summed E-state index contributed by atoms with van der Waals surface area (Å²) in [5.74, 6) is 0.669. The van der Waals surface area contributed by atoms with Gasteiger partial charge in [-0.15, -0.1) is 0 Å². The van der Waals surface area contributed by atoms with Gasteiger partial charge < -0.3 is 15.4 Å². The molecule has 5 heteroatoms. The van der Waals surface area contributed by atoms with E-state index in [1.54, 1.807) is 0 Å². The third kappa shape index (κ3) is 5.18. The summed E-state index contributed by atoms with van der Waals surface area (Å²) in [5, 5.41) is 6.63. The van der Waals surface area contributed by atoms with Gasteiger partial charge >= 0.3 is 0 Å². The van der Waals surface area contributed by atoms with E-state index in [4.69, 9.17) is 4.74 Å². The van der Waals surface area contributed by atoms with Crippen LogP contribution in [-0.4, -0.2) is 36.4 Å². The van der Waals surface area contributed by atoms with Gasteiger partial charge in [0.25, 0.3) is 5.91 Å². The zero-order valence-electron chi connectivity index (χ0n) is 16.6. The van der Waals surface area contributed by atoms with E-state index in [9.17, 15) is 4.79 Å². The Morgan fingerprint density at radius 2 is 1.84 bits per heavy atom. The lowest BCUT2D eigenvalue weighted by molar-refractivity contribution is -0.120. The van der Waals surface area contributed by atoms with E-state index in [0.717, 1.165) is 36.8 Å². The molecule has 2 aliphatic rings. The second kappa shape index (κ2) is 7.32. The van der Waals surface area contributed by atoms with Gasteiger partial charge in [0.2, 0.25) is 0 Å². The van der Waals surface area contributed by atoms with Crippen LogP contribution in [0.25, 0.3) is 0 Å². The molecule has 0 spiro atoms. The molecule has 25 heavy (non-hydrogen) atoms. The van der Waals surface area contributed by atoms with E-state index >= 15 is 0 Å². The molecular formula is C20H33N3O2. The fourth-order valence-electron chi connectivity index (χ4n) is 3.35. The fraction of sp³-hybridized carbons (Fsp3) is 0.700. The van der Waals surface area contributed by atoms with Crippen LogP contribution in [-0.2, 0) is 9.53 Å². The average Bonchev–Trinajstić information content (AvgIpc) is 3.21. The highest BCUT2D eigenvalue weighted by atomic mass is 16.5. The third-order valence-corrected chi connectivity index (χ3v) is 5.07. The number of ether oxygens (including phenoxy) is 1. The molecule has 2 fully saturated rings. The van der Waals surface area contributed by atoms with Crippen LogP contribution in [0.1, 0.15) is 67.2 Å². The lowest BCUT2D eigenvalue weighted by atomic mass is 9.93. The second-order valence-electron chi connectivity index (χ2n) is 8.46. The third-order valence-electron chi connectivity index (χ3n) is 5.07. The van der Waals surface area contributed by atoms with Gasteiger partial charge in [0, 0.05) is 29.3 Å². The molecule has 1 saturated heterocycles. The molecule has 1 atom stereocenters. The first kappa shape index (κ1) is 19.7. The Labute approximate surface area is 152 Å². The fourth-order valence-corrected chi connectivity index (χ4v) is 3.35. The lowest BCUT2D eigenvalue weighted by Gasteiger charge is -2.36. The average molecular weight is 348 g/mol. The SMILES string of the molecule is C=N/C(NC1(C)CC1)=C(\C)C(C(=O)NC1CCOC(C)(C)C1)=C(C)C. The molecule has 2 N–H and O–H groups in total. The predicted molar refractivity (Wildman–Crippen MR) is 103 cm³/mol. The number of hydrogen-bond donors (Lipinski definition) is 2. The topological polar surface area (TPSA) is 62.7 Å². The van der Waals surface area contributed by atoms with Gasteiger partial charge in [-0.25, -0.2) is 4.99 Å². The summed E-state index contributed by atoms with van der Waals surface area (Å²) in [6.45, 7) is 16.5. The van der Waals surface area contributed by atoms with Crippen molar-refractivity contribution in [2.75, 3.05) is 6.61 Å². The van der Waals surface area contributed by atoms with Crippen LogP contribution in [0.5, 0.6) is 0 Å². The molecule has 0 radical (unpaired) electrons. The van der Waals surface area contributed by atoms with Crippen molar-refractivity contribution >= 4 is 12.6 Å². The second-order valence-corrected chi connectivity index (χ2v) is 8.46. The maximum absolute atomic E-state index is 13.0. The number of aliphatic imine (C=N–C) groups is 1. The smallest absolute Gasteiger partial charge is 0.251 e. The van der Waals surface area contributed by atoms with Gasteiger partial charge in [-0.2, -0.15) is 0 Å². The molecule has 0 aromatic carbocycles. The molecule has 0 aromatic rings. The molecule has 140 valence electrons. The summed E-state index contributed by atoms with van der Waals surface area (Å²) in [4.78, 5) is 17.1. The molecule has 0 aromatic heterocycles. The molecule has 1 heterocycles. The Kier molecular flexibility index (Phi) is 5.77. The van der Waals surface area contributed by atoms with Crippen molar-refractivity contribution in [3.05, 3.63) is 22.5 Å². The summed E-state index contributed by atoms with van der Waals surface area (Å²) in [5.41, 5.74) is 2.43. The number of nitrogens with zero attached hydrogens (tertiary/aromatic N) is 1. The van der Waals surface area contributed by atoms with Gasteiger partial charge in [-0.1, -0.05) is 5.57 Å². The van der Waals surface area contributed by atoms with Crippen LogP contribution in [0.15, 0.2) is 27.5 Å². The molecule has 1 unspecified atom stereocenters. The summed E-state index contributed by atoms with van der Waals surface area (Å²) >= 11 is 0. The Balaban J connectivity index is 2.18. The highest BCUT2D eigenvalue weighted by Gasteiger charge is 2.38.